The van der Waals surface area contributed by atoms with Crippen LogP contribution in [0.25, 0.3) is 0 Å². The van der Waals surface area contributed by atoms with Gasteiger partial charge < -0.3 is 9.32 Å². The Morgan fingerprint density at radius 2 is 2.17 bits per heavy atom. The van der Waals surface area contributed by atoms with E-state index in [0.29, 0.717) is 12.8 Å². The van der Waals surface area contributed by atoms with Crippen LogP contribution in [0.5, 0.6) is 0 Å². The lowest BCUT2D eigenvalue weighted by Gasteiger charge is -2.35. The van der Waals surface area contributed by atoms with Gasteiger partial charge in [0.25, 0.3) is 0 Å². The third-order valence-corrected chi connectivity index (χ3v) is 4.27. The van der Waals surface area contributed by atoms with E-state index in [1.807, 2.05) is 6.92 Å². The smallest absolute Gasteiger partial charge is 0.330 e. The summed E-state index contributed by atoms with van der Waals surface area (Å²) in [5, 5.41) is 2.98. The summed E-state index contributed by atoms with van der Waals surface area (Å²) in [5.74, 6) is -0.676. The normalized spacial score (nSPS) is 16.4. The van der Waals surface area contributed by atoms with Gasteiger partial charge in [0.1, 0.15) is 11.8 Å². The maximum absolute atomic E-state index is 12.2. The van der Waals surface area contributed by atoms with E-state index in [0.717, 1.165) is 25.5 Å². The molecule has 4 nitrogen and oxygen atoms in total. The van der Waals surface area contributed by atoms with Crippen LogP contribution >= 0.6 is 26.8 Å². The van der Waals surface area contributed by atoms with Crippen molar-refractivity contribution in [3.63, 3.8) is 0 Å². The molecule has 0 aliphatic heterocycles. The molecule has 0 aliphatic carbocycles. The molecule has 0 aromatic carbocycles. The Morgan fingerprint density at radius 3 is 2.56 bits per heavy atom. The Morgan fingerprint density at radius 1 is 1.50 bits per heavy atom. The minimum absolute atomic E-state index is 0.0179. The Kier molecular flexibility index (Phi) is 10.4. The van der Waals surface area contributed by atoms with Crippen molar-refractivity contribution in [2.75, 3.05) is 0 Å². The Bertz CT molecular complexity index is 266. The highest BCUT2D eigenvalue weighted by Crippen LogP contribution is 2.33. The van der Waals surface area contributed by atoms with Crippen molar-refractivity contribution in [1.82, 2.24) is 5.09 Å². The van der Waals surface area contributed by atoms with E-state index < -0.39 is 5.54 Å². The first-order chi connectivity index (χ1) is 8.62. The highest BCUT2D eigenvalue weighted by molar-refractivity contribution is 8.00. The van der Waals surface area contributed by atoms with Crippen LogP contribution in [0.2, 0.25) is 0 Å². The summed E-state index contributed by atoms with van der Waals surface area (Å²) in [4.78, 5) is 23.5. The van der Waals surface area contributed by atoms with Crippen molar-refractivity contribution < 1.29 is 14.1 Å². The van der Waals surface area contributed by atoms with Gasteiger partial charge in [0.15, 0.2) is 0 Å². The van der Waals surface area contributed by atoms with Crippen LogP contribution in [0, 0.1) is 5.92 Å². The first-order valence-corrected chi connectivity index (χ1v) is 9.52. The number of hydrogen-bond donors (Lipinski definition) is 1. The zero-order chi connectivity index (χ0) is 14.0. The molecule has 0 aromatic heterocycles. The third-order valence-electron chi connectivity index (χ3n) is 3.10. The van der Waals surface area contributed by atoms with E-state index in [1.54, 1.807) is 0 Å². The zero-order valence-corrected chi connectivity index (χ0v) is 14.4. The molecule has 0 spiro atoms. The Labute approximate surface area is 116 Å². The van der Waals surface area contributed by atoms with Gasteiger partial charge in [-0.2, -0.15) is 0 Å². The molecule has 0 bridgehead atoms. The van der Waals surface area contributed by atoms with Crippen LogP contribution in [0.4, 0.5) is 0 Å². The number of carbonyl (C=O) groups is 2. The Hall–Kier alpha value is 0.390. The molecule has 0 fully saturated rings. The van der Waals surface area contributed by atoms with Crippen molar-refractivity contribution in [2.45, 2.75) is 51.5 Å². The summed E-state index contributed by atoms with van der Waals surface area (Å²) in [6, 6.07) is 0. The zero-order valence-electron chi connectivity index (χ0n) is 11.1. The number of carbonyl (C=O) groups excluding carboxylic acids is 2. The van der Waals surface area contributed by atoms with Crippen LogP contribution in [0.3, 0.4) is 0 Å². The molecule has 18 heavy (non-hydrogen) atoms. The van der Waals surface area contributed by atoms with Crippen LogP contribution in [0.15, 0.2) is 0 Å². The van der Waals surface area contributed by atoms with Gasteiger partial charge in [0, 0.05) is 5.92 Å². The highest BCUT2D eigenvalue weighted by atomic mass is 32.0. The van der Waals surface area contributed by atoms with Gasteiger partial charge >= 0.3 is 5.97 Å². The van der Waals surface area contributed by atoms with Gasteiger partial charge in [0.2, 0.25) is 0 Å². The summed E-state index contributed by atoms with van der Waals surface area (Å²) >= 11 is 0. The number of hydrogen-bond acceptors (Lipinski definition) is 4. The van der Waals surface area contributed by atoms with Crippen LogP contribution in [0.1, 0.15) is 46.0 Å². The molecule has 0 saturated heterocycles. The van der Waals surface area contributed by atoms with E-state index in [1.165, 1.54) is 0 Å². The number of unbranched alkanes of at least 4 members (excludes halogenated alkanes) is 1. The lowest BCUT2D eigenvalue weighted by atomic mass is 9.79. The molecule has 0 heterocycles. The van der Waals surface area contributed by atoms with Crippen LogP contribution in [-0.2, 0) is 14.1 Å². The first kappa shape index (κ1) is 18.4. The number of aldehydes is 1. The predicted molar refractivity (Wildman–Crippen MR) is 83.7 cm³/mol. The van der Waals surface area contributed by atoms with Crippen molar-refractivity contribution in [3.05, 3.63) is 0 Å². The minimum atomic E-state index is -0.901. The number of nitrogens with one attached hydrogen (secondary N) is 1. The van der Waals surface area contributed by atoms with Gasteiger partial charge in [-0.15, -0.1) is 0 Å². The van der Waals surface area contributed by atoms with E-state index in [2.05, 4.69) is 30.3 Å². The average Bonchev–Trinajstić information content (AvgIpc) is 2.38. The van der Waals surface area contributed by atoms with E-state index in [4.69, 9.17) is 4.52 Å². The van der Waals surface area contributed by atoms with Crippen LogP contribution in [-0.4, -0.2) is 17.8 Å². The second kappa shape index (κ2) is 10.2. The fourth-order valence-corrected chi connectivity index (χ4v) is 3.11. The summed E-state index contributed by atoms with van der Waals surface area (Å²) in [5.41, 5.74) is -0.901. The number of rotatable bonds is 10. The van der Waals surface area contributed by atoms with Crippen molar-refractivity contribution in [3.8, 4) is 0 Å². The minimum Gasteiger partial charge on any atom is -0.443 e. The molecule has 5 atom stereocenters. The van der Waals surface area contributed by atoms with Gasteiger partial charge in [0.05, 0.1) is 8.50 Å². The maximum atomic E-state index is 12.2. The molecular weight excluding hydrogens is 287 g/mol. The first-order valence-electron chi connectivity index (χ1n) is 6.22. The second-order valence-corrected chi connectivity index (χ2v) is 5.69. The molecule has 106 valence electrons. The predicted octanol–water partition coefficient (Wildman–Crippen LogP) is 2.84. The molecule has 0 aromatic rings. The molecule has 1 N–H and O–H groups in total. The molecule has 0 aliphatic rings. The quantitative estimate of drug-likeness (QED) is 0.498. The van der Waals surface area contributed by atoms with Crippen LogP contribution < -0.4 is 5.09 Å². The lowest BCUT2D eigenvalue weighted by Crippen LogP contribution is -2.54. The molecular formula is C11H24NO3P3. The largest absolute Gasteiger partial charge is 0.443 e. The Balaban J connectivity index is 5.16. The van der Waals surface area contributed by atoms with E-state index >= 15 is 0 Å². The summed E-state index contributed by atoms with van der Waals surface area (Å²) in [6.07, 6.45) is 4.89. The topological polar surface area (TPSA) is 55.4 Å². The molecule has 0 radical (unpaired) electrons. The van der Waals surface area contributed by atoms with Crippen molar-refractivity contribution in [2.24, 2.45) is 5.92 Å². The van der Waals surface area contributed by atoms with E-state index in [-0.39, 0.29) is 20.4 Å². The third kappa shape index (κ3) is 4.82. The monoisotopic (exact) mass is 311 g/mol. The van der Waals surface area contributed by atoms with Crippen molar-refractivity contribution in [1.29, 1.82) is 0 Å². The summed E-state index contributed by atoms with van der Waals surface area (Å²) in [6.45, 7) is 4.07. The van der Waals surface area contributed by atoms with E-state index in [9.17, 15) is 9.59 Å². The second-order valence-electron chi connectivity index (χ2n) is 4.26. The standard InChI is InChI=1S/C11H24NO3P3/c1-3-5-7-11(12-16,10(14)15-18-17)9(8-13)6-4-2/h8-9,12,18H,3-7,16-17H2,1-2H3. The SMILES string of the molecule is CCCCC(NP)(C(=O)OPP)C(C=O)CCC. The molecule has 0 amide bonds. The molecule has 7 heteroatoms. The van der Waals surface area contributed by atoms with Crippen molar-refractivity contribution >= 4 is 39.1 Å². The average molecular weight is 311 g/mol. The van der Waals surface area contributed by atoms with Gasteiger partial charge in [-0.3, -0.25) is 5.09 Å². The van der Waals surface area contributed by atoms with Gasteiger partial charge in [-0.05, 0) is 12.8 Å². The fourth-order valence-electron chi connectivity index (χ4n) is 2.02. The fraction of sp³-hybridized carbons (Fsp3) is 0.818. The van der Waals surface area contributed by atoms with Gasteiger partial charge in [-0.1, -0.05) is 51.4 Å². The van der Waals surface area contributed by atoms with Gasteiger partial charge in [-0.25, -0.2) is 4.79 Å². The summed E-state index contributed by atoms with van der Waals surface area (Å²) in [7, 11) is 4.78. The lowest BCUT2D eigenvalue weighted by molar-refractivity contribution is -0.144. The molecule has 5 unspecified atom stereocenters. The highest BCUT2D eigenvalue weighted by Gasteiger charge is 2.45. The maximum Gasteiger partial charge on any atom is 0.330 e. The molecule has 0 saturated carbocycles. The summed E-state index contributed by atoms with van der Waals surface area (Å²) < 4.78 is 5.14. The molecule has 0 rings (SSSR count).